The Morgan fingerprint density at radius 2 is 0.333 bits per heavy atom. The quantitative estimate of drug-likeness (QED) is 0.0514. The highest BCUT2D eigenvalue weighted by molar-refractivity contribution is 5.72. The molecule has 0 aromatic heterocycles. The molecule has 0 aliphatic heterocycles. The standard InChI is InChI=1S/2C10H16N2O8.8H3N/c2*13-7(14)3-11(4-8(15)16)1-2-12(5-9(17)18)6-10(19)20;;;;;;;;/h2*1-6H2,(H,13,14)(H,15,16)(H,17,18)(H,19,20);8*1H3. The van der Waals surface area contributed by atoms with Gasteiger partial charge in [0.1, 0.15) is 0 Å². The lowest BCUT2D eigenvalue weighted by molar-refractivity contribution is -0.314. The minimum atomic E-state index is -1.53. The number of nitrogens with zero attached hydrogens (tertiary/aromatic N) is 4. The Morgan fingerprint density at radius 3 is 0.396 bits per heavy atom. The lowest BCUT2D eigenvalue weighted by Gasteiger charge is -2.28. The van der Waals surface area contributed by atoms with Crippen molar-refractivity contribution in [2.24, 2.45) is 0 Å². The molecule has 0 aliphatic rings. The van der Waals surface area contributed by atoms with E-state index in [1.165, 1.54) is 0 Å². The highest BCUT2D eigenvalue weighted by Gasteiger charge is 2.12. The molecule has 48 heavy (non-hydrogen) atoms. The van der Waals surface area contributed by atoms with Gasteiger partial charge in [0.2, 0.25) is 0 Å². The van der Waals surface area contributed by atoms with E-state index in [1.54, 1.807) is 0 Å². The van der Waals surface area contributed by atoms with Gasteiger partial charge in [-0.2, -0.15) is 0 Å². The van der Waals surface area contributed by atoms with Crippen LogP contribution in [-0.4, -0.2) is 146 Å². The van der Waals surface area contributed by atoms with Gasteiger partial charge >= 0.3 is 0 Å². The Kier molecular flexibility index (Phi) is 56.0. The molecule has 0 spiro atoms. The monoisotopic (exact) mass is 720 g/mol. The zero-order valence-electron chi connectivity index (χ0n) is 28.8. The van der Waals surface area contributed by atoms with E-state index in [2.05, 4.69) is 0 Å². The first kappa shape index (κ1) is 69.9. The topological polar surface area (TPSA) is 626 Å². The van der Waals surface area contributed by atoms with Crippen LogP contribution in [0.3, 0.4) is 0 Å². The van der Waals surface area contributed by atoms with Crippen molar-refractivity contribution in [3.05, 3.63) is 0 Å². The molecule has 0 atom stereocenters. The smallest absolute Gasteiger partial charge is 0.0555 e. The molecule has 28 heteroatoms. The molecule has 0 aromatic rings. The second kappa shape index (κ2) is 38.5. The van der Waals surface area contributed by atoms with Crippen molar-refractivity contribution in [2.45, 2.75) is 0 Å². The number of carboxylic acids is 8. The highest BCUT2D eigenvalue weighted by atomic mass is 16.4. The van der Waals surface area contributed by atoms with Gasteiger partial charge in [0.15, 0.2) is 0 Å². The second-order valence-corrected chi connectivity index (χ2v) is 7.82. The van der Waals surface area contributed by atoms with E-state index in [9.17, 15) is 79.2 Å². The number of hydrogen-bond acceptors (Lipinski definition) is 20. The zero-order valence-corrected chi connectivity index (χ0v) is 28.8. The molecule has 0 radical (unpaired) electrons. The molecule has 0 bridgehead atoms. The average molecular weight is 721 g/mol. The Labute approximate surface area is 274 Å². The molecule has 0 saturated carbocycles. The predicted molar refractivity (Wildman–Crippen MR) is 154 cm³/mol. The van der Waals surface area contributed by atoms with Crippen LogP contribution in [0.15, 0.2) is 0 Å². The number of rotatable bonds is 22. The molecule has 292 valence electrons. The molecular weight excluding hydrogens is 664 g/mol. The maximum atomic E-state index is 10.4. The van der Waals surface area contributed by atoms with E-state index in [1.807, 2.05) is 0 Å². The minimum absolute atomic E-state index is 0. The molecule has 0 unspecified atom stereocenters. The van der Waals surface area contributed by atoms with Crippen LogP contribution < -0.4 is 90.1 Å². The van der Waals surface area contributed by atoms with Crippen LogP contribution >= 0.6 is 0 Å². The van der Waals surface area contributed by atoms with Crippen LogP contribution in [0.25, 0.3) is 0 Å². The van der Waals surface area contributed by atoms with Crippen molar-refractivity contribution in [1.82, 2.24) is 68.8 Å². The number of carbonyl (C=O) groups is 8. The van der Waals surface area contributed by atoms with Crippen molar-refractivity contribution in [2.75, 3.05) is 78.5 Å². The first-order valence-electron chi connectivity index (χ1n) is 10.9. The van der Waals surface area contributed by atoms with Crippen LogP contribution in [0.4, 0.5) is 0 Å². The summed E-state index contributed by atoms with van der Waals surface area (Å²) < 4.78 is 0. The number of aliphatic carboxylic acids is 8. The van der Waals surface area contributed by atoms with Gasteiger partial charge in [-0.15, -0.1) is 0 Å². The summed E-state index contributed by atoms with van der Waals surface area (Å²) in [7, 11) is 0. The molecule has 0 rings (SSSR count). The van der Waals surface area contributed by atoms with Crippen LogP contribution in [0.5, 0.6) is 0 Å². The summed E-state index contributed by atoms with van der Waals surface area (Å²) >= 11 is 0. The van der Waals surface area contributed by atoms with Crippen molar-refractivity contribution >= 4 is 47.8 Å². The normalized spacial score (nSPS) is 8.92. The summed E-state index contributed by atoms with van der Waals surface area (Å²) in [5.74, 6) is -12.2. The van der Waals surface area contributed by atoms with Gasteiger partial charge in [-0.25, -0.2) is 0 Å². The van der Waals surface area contributed by atoms with E-state index < -0.39 is 100 Å². The Balaban J connectivity index is -0.0000000645. The van der Waals surface area contributed by atoms with E-state index in [-0.39, 0.29) is 75.4 Å². The van der Waals surface area contributed by atoms with Gasteiger partial charge in [-0.05, 0) is 0 Å². The molecule has 28 nitrogen and oxygen atoms in total. The van der Waals surface area contributed by atoms with Crippen LogP contribution in [-0.2, 0) is 38.4 Å². The van der Waals surface area contributed by atoms with Gasteiger partial charge in [0, 0.05) is 78.5 Å². The van der Waals surface area contributed by atoms with Gasteiger partial charge in [0.05, 0.1) is 47.8 Å². The lowest BCUT2D eigenvalue weighted by Crippen LogP contribution is -2.50. The molecule has 32 N–H and O–H groups in total. The molecule has 0 amide bonds. The minimum Gasteiger partial charge on any atom is -0.549 e. The zero-order chi connectivity index (χ0) is 31.4. The first-order valence-corrected chi connectivity index (χ1v) is 10.9. The maximum absolute atomic E-state index is 10.4. The summed E-state index contributed by atoms with van der Waals surface area (Å²) in [6.07, 6.45) is 0. The molecule has 0 saturated heterocycles. The lowest BCUT2D eigenvalue weighted by atomic mass is 10.4. The Hall–Kier alpha value is -4.72. The molecule has 0 aromatic carbocycles. The fraction of sp³-hybridized carbons (Fsp3) is 0.600. The van der Waals surface area contributed by atoms with E-state index >= 15 is 0 Å². The SMILES string of the molecule is O=C([O-])CN(CCN(CC(=O)[O-])CC(=O)[O-])CC(=O)[O-].O=C([O-])CN(CCN(CC(=O)[O-])CC(=O)[O-])CC(=O)[O-].[NH4+].[NH4+].[NH4+].[NH4+].[NH4+].[NH4+].[NH4+].[NH4+]. The third-order valence-electron chi connectivity index (χ3n) is 4.29. The molecule has 0 heterocycles. The van der Waals surface area contributed by atoms with Gasteiger partial charge in [0.25, 0.3) is 0 Å². The number of carbonyl (C=O) groups excluding carboxylic acids is 8. The Bertz CT molecular complexity index is 723. The summed E-state index contributed by atoms with van der Waals surface area (Å²) in [4.78, 5) is 86.8. The van der Waals surface area contributed by atoms with Crippen molar-refractivity contribution in [3.8, 4) is 0 Å². The van der Waals surface area contributed by atoms with Gasteiger partial charge in [-0.3, -0.25) is 19.6 Å². The fourth-order valence-electron chi connectivity index (χ4n) is 2.88. The second-order valence-electron chi connectivity index (χ2n) is 7.82. The highest BCUT2D eigenvalue weighted by Crippen LogP contribution is 1.93. The molecular formula is C20H56N12O16. The summed E-state index contributed by atoms with van der Waals surface area (Å²) in [5, 5.41) is 83.2. The summed E-state index contributed by atoms with van der Waals surface area (Å²) in [5.41, 5.74) is 0. The van der Waals surface area contributed by atoms with E-state index in [0.717, 1.165) is 19.6 Å². The molecule has 0 aliphatic carbocycles. The average Bonchev–Trinajstić information content (AvgIpc) is 2.72. The third-order valence-corrected chi connectivity index (χ3v) is 4.29. The Morgan fingerprint density at radius 1 is 0.250 bits per heavy atom. The summed E-state index contributed by atoms with van der Waals surface area (Å²) in [6.45, 7) is -6.50. The van der Waals surface area contributed by atoms with Crippen molar-refractivity contribution in [3.63, 3.8) is 0 Å². The predicted octanol–water partition coefficient (Wildman–Crippen LogP) is -11.8. The van der Waals surface area contributed by atoms with Crippen molar-refractivity contribution < 1.29 is 79.2 Å². The van der Waals surface area contributed by atoms with Crippen LogP contribution in [0.1, 0.15) is 0 Å². The van der Waals surface area contributed by atoms with Crippen molar-refractivity contribution in [1.29, 1.82) is 0 Å². The van der Waals surface area contributed by atoms with E-state index in [0.29, 0.717) is 0 Å². The largest absolute Gasteiger partial charge is 0.549 e. The third kappa shape index (κ3) is 48.2. The van der Waals surface area contributed by atoms with Gasteiger partial charge in [-0.1, -0.05) is 0 Å². The number of quaternary nitrogens is 8. The van der Waals surface area contributed by atoms with Crippen LogP contribution in [0.2, 0.25) is 0 Å². The van der Waals surface area contributed by atoms with Gasteiger partial charge < -0.3 is 128 Å². The fourth-order valence-corrected chi connectivity index (χ4v) is 2.88. The summed E-state index contributed by atoms with van der Waals surface area (Å²) in [6, 6.07) is 0. The maximum Gasteiger partial charge on any atom is 0.0555 e. The molecule has 0 fully saturated rings. The first-order chi connectivity index (χ1) is 18.4. The van der Waals surface area contributed by atoms with Crippen LogP contribution in [0, 0.1) is 0 Å². The number of carboxylic acid groups (broad SMARTS) is 8. The van der Waals surface area contributed by atoms with E-state index in [4.69, 9.17) is 0 Å². The number of hydrogen-bond donors (Lipinski definition) is 8.